The van der Waals surface area contributed by atoms with Gasteiger partial charge in [0.2, 0.25) is 10.0 Å². The Kier molecular flexibility index (Phi) is 7.71. The van der Waals surface area contributed by atoms with Gasteiger partial charge in [-0.1, -0.05) is 11.6 Å². The highest BCUT2D eigenvalue weighted by Gasteiger charge is 2.42. The van der Waals surface area contributed by atoms with Gasteiger partial charge in [0.25, 0.3) is 5.91 Å². The second kappa shape index (κ2) is 10.2. The smallest absolute Gasteiger partial charge is 0.410 e. The second-order valence-electron chi connectivity index (χ2n) is 8.56. The van der Waals surface area contributed by atoms with Gasteiger partial charge >= 0.3 is 6.09 Å². The number of halogens is 1. The number of amides is 2. The maximum atomic E-state index is 13.3. The van der Waals surface area contributed by atoms with Gasteiger partial charge in [0.15, 0.2) is 0 Å². The fourth-order valence-electron chi connectivity index (χ4n) is 3.29. The summed E-state index contributed by atoms with van der Waals surface area (Å²) in [5.41, 5.74) is 0.724. The molecule has 1 unspecified atom stereocenters. The highest BCUT2D eigenvalue weighted by atomic mass is 35.5. The zero-order chi connectivity index (χ0) is 25.1. The molecule has 0 aliphatic carbocycles. The first kappa shape index (κ1) is 25.8. The number of carbonyl (C=O) groups is 2. The summed E-state index contributed by atoms with van der Waals surface area (Å²) in [6.07, 6.45) is -0.677. The molecular weight excluding hydrogens is 486 g/mol. The third-order valence-corrected chi connectivity index (χ3v) is 7.05. The van der Waals surface area contributed by atoms with Gasteiger partial charge in [0.05, 0.1) is 4.90 Å². The van der Waals surface area contributed by atoms with E-state index in [4.69, 9.17) is 26.3 Å². The number of nitrogens with one attached hydrogen (secondary N) is 1. The van der Waals surface area contributed by atoms with Crippen LogP contribution >= 0.6 is 11.6 Å². The van der Waals surface area contributed by atoms with Crippen molar-refractivity contribution in [2.24, 2.45) is 0 Å². The molecule has 2 N–H and O–H groups in total. The number of piperazine rings is 1. The molecule has 2 aromatic rings. The molecule has 2 aromatic carbocycles. The van der Waals surface area contributed by atoms with Gasteiger partial charge in [-0.05, 0) is 69.3 Å². The summed E-state index contributed by atoms with van der Waals surface area (Å²) >= 11 is 5.86. The lowest BCUT2D eigenvalue weighted by Gasteiger charge is -2.39. The summed E-state index contributed by atoms with van der Waals surface area (Å²) in [7, 11) is -4.14. The van der Waals surface area contributed by atoms with Crippen LogP contribution in [0, 0.1) is 0 Å². The van der Waals surface area contributed by atoms with Gasteiger partial charge in [-0.3, -0.25) is 10.0 Å². The number of sulfonamides is 1. The van der Waals surface area contributed by atoms with E-state index in [0.717, 1.165) is 4.31 Å². The fourth-order valence-corrected chi connectivity index (χ4v) is 4.98. The minimum absolute atomic E-state index is 0.0150. The zero-order valence-electron chi connectivity index (χ0n) is 18.9. The molecule has 1 atom stereocenters. The third-order valence-electron chi connectivity index (χ3n) is 4.88. The Morgan fingerprint density at radius 1 is 1.03 bits per heavy atom. The Balaban J connectivity index is 1.78. The van der Waals surface area contributed by atoms with Gasteiger partial charge in [-0.2, -0.15) is 4.31 Å². The van der Waals surface area contributed by atoms with E-state index < -0.39 is 33.7 Å². The summed E-state index contributed by atoms with van der Waals surface area (Å²) in [6.45, 7) is 4.67. The summed E-state index contributed by atoms with van der Waals surface area (Å²) in [5, 5.41) is 9.72. The van der Waals surface area contributed by atoms with Crippen molar-refractivity contribution in [3.63, 3.8) is 0 Å². The summed E-state index contributed by atoms with van der Waals surface area (Å²) in [6, 6.07) is 11.0. The number of hydrogen-bond acceptors (Lipinski definition) is 7. The van der Waals surface area contributed by atoms with Crippen molar-refractivity contribution in [1.82, 2.24) is 14.7 Å². The summed E-state index contributed by atoms with van der Waals surface area (Å²) < 4.78 is 38.6. The number of carbonyl (C=O) groups excluding carboxylic acids is 2. The topological polar surface area (TPSA) is 125 Å². The number of hydroxylamine groups is 1. The quantitative estimate of drug-likeness (QED) is 0.466. The molecule has 1 fully saturated rings. The van der Waals surface area contributed by atoms with Gasteiger partial charge in [-0.25, -0.2) is 18.7 Å². The SMILES string of the molecule is CC(C)(C)OC(=O)N1CCN(S(=O)(=O)c2ccc(Oc3ccc(Cl)cc3)cc2)C(C(=O)NO)C1. The minimum Gasteiger partial charge on any atom is -0.457 e. The van der Waals surface area contributed by atoms with Crippen molar-refractivity contribution in [1.29, 1.82) is 0 Å². The van der Waals surface area contributed by atoms with Crippen molar-refractivity contribution in [2.75, 3.05) is 19.6 Å². The molecule has 2 amide bonds. The molecule has 1 aliphatic heterocycles. The first-order valence-electron chi connectivity index (χ1n) is 10.4. The fraction of sp³-hybridized carbons (Fsp3) is 0.364. The molecule has 34 heavy (non-hydrogen) atoms. The molecule has 3 rings (SSSR count). The predicted molar refractivity (Wildman–Crippen MR) is 123 cm³/mol. The molecule has 1 saturated heterocycles. The van der Waals surface area contributed by atoms with Crippen LogP contribution in [0.3, 0.4) is 0 Å². The van der Waals surface area contributed by atoms with E-state index in [1.807, 2.05) is 0 Å². The van der Waals surface area contributed by atoms with Crippen LogP contribution in [-0.2, 0) is 19.6 Å². The predicted octanol–water partition coefficient (Wildman–Crippen LogP) is 3.25. The van der Waals surface area contributed by atoms with Gasteiger partial charge in [0, 0.05) is 24.7 Å². The van der Waals surface area contributed by atoms with Crippen LogP contribution in [-0.4, -0.2) is 66.1 Å². The lowest BCUT2D eigenvalue weighted by molar-refractivity contribution is -0.134. The monoisotopic (exact) mass is 511 g/mol. The van der Waals surface area contributed by atoms with E-state index in [9.17, 15) is 18.0 Å². The number of rotatable bonds is 5. The molecule has 0 aromatic heterocycles. The molecule has 1 heterocycles. The maximum absolute atomic E-state index is 13.3. The minimum atomic E-state index is -4.14. The molecule has 12 heteroatoms. The van der Waals surface area contributed by atoms with Crippen LogP contribution in [0.2, 0.25) is 5.02 Å². The Morgan fingerprint density at radius 3 is 2.12 bits per heavy atom. The highest BCUT2D eigenvalue weighted by molar-refractivity contribution is 7.89. The zero-order valence-corrected chi connectivity index (χ0v) is 20.5. The maximum Gasteiger partial charge on any atom is 0.410 e. The number of hydrogen-bond donors (Lipinski definition) is 2. The van der Waals surface area contributed by atoms with Crippen molar-refractivity contribution in [2.45, 2.75) is 37.3 Å². The normalized spacial score (nSPS) is 17.2. The average molecular weight is 512 g/mol. The average Bonchev–Trinajstić information content (AvgIpc) is 2.79. The molecule has 10 nitrogen and oxygen atoms in total. The molecular formula is C22H26ClN3O7S. The van der Waals surface area contributed by atoms with Gasteiger partial charge in [0.1, 0.15) is 23.1 Å². The van der Waals surface area contributed by atoms with E-state index in [1.54, 1.807) is 45.0 Å². The first-order chi connectivity index (χ1) is 15.9. The lowest BCUT2D eigenvalue weighted by Crippen LogP contribution is -2.61. The molecule has 0 bridgehead atoms. The molecule has 0 radical (unpaired) electrons. The van der Waals surface area contributed by atoms with E-state index in [1.165, 1.54) is 34.6 Å². The Bertz CT molecular complexity index is 1130. The van der Waals surface area contributed by atoms with Crippen LogP contribution in [0.25, 0.3) is 0 Å². The van der Waals surface area contributed by atoms with Crippen molar-refractivity contribution in [3.05, 3.63) is 53.6 Å². The van der Waals surface area contributed by atoms with Crippen molar-refractivity contribution in [3.8, 4) is 11.5 Å². The van der Waals surface area contributed by atoms with Crippen molar-refractivity contribution < 1.29 is 32.7 Å². The highest BCUT2D eigenvalue weighted by Crippen LogP contribution is 2.27. The number of benzene rings is 2. The Morgan fingerprint density at radius 2 is 1.59 bits per heavy atom. The van der Waals surface area contributed by atoms with E-state index in [2.05, 4.69) is 0 Å². The van der Waals surface area contributed by atoms with Crippen molar-refractivity contribution >= 4 is 33.6 Å². The standard InChI is InChI=1S/C22H26ClN3O7S/c1-22(2,3)33-21(28)25-12-13-26(19(14-25)20(27)24-29)34(30,31)18-10-8-17(9-11-18)32-16-6-4-15(23)5-7-16/h4-11,19,29H,12-14H2,1-3H3,(H,24,27). The van der Waals surface area contributed by atoms with Crippen LogP contribution in [0.15, 0.2) is 53.4 Å². The first-order valence-corrected chi connectivity index (χ1v) is 12.2. The molecule has 0 spiro atoms. The summed E-state index contributed by atoms with van der Waals surface area (Å²) in [4.78, 5) is 25.9. The summed E-state index contributed by atoms with van der Waals surface area (Å²) in [5.74, 6) is -0.0295. The van der Waals surface area contributed by atoms with E-state index in [0.29, 0.717) is 16.5 Å². The third kappa shape index (κ3) is 6.17. The number of nitrogens with zero attached hydrogens (tertiary/aromatic N) is 2. The molecule has 0 saturated carbocycles. The van der Waals surface area contributed by atoms with Crippen LogP contribution in [0.5, 0.6) is 11.5 Å². The van der Waals surface area contributed by atoms with Crippen LogP contribution in [0.1, 0.15) is 20.8 Å². The Labute approximate surface area is 203 Å². The van der Waals surface area contributed by atoms with Gasteiger partial charge < -0.3 is 14.4 Å². The van der Waals surface area contributed by atoms with E-state index in [-0.39, 0.29) is 24.5 Å². The van der Waals surface area contributed by atoms with Gasteiger partial charge in [-0.15, -0.1) is 0 Å². The Hall–Kier alpha value is -2.86. The molecule has 184 valence electrons. The molecule has 1 aliphatic rings. The lowest BCUT2D eigenvalue weighted by atomic mass is 10.2. The number of ether oxygens (including phenoxy) is 2. The second-order valence-corrected chi connectivity index (χ2v) is 10.9. The van der Waals surface area contributed by atoms with Crippen LogP contribution in [0.4, 0.5) is 4.79 Å². The largest absolute Gasteiger partial charge is 0.457 e. The van der Waals surface area contributed by atoms with Crippen LogP contribution < -0.4 is 10.2 Å². The van der Waals surface area contributed by atoms with E-state index >= 15 is 0 Å².